The van der Waals surface area contributed by atoms with Crippen LogP contribution in [0.1, 0.15) is 4.88 Å². The van der Waals surface area contributed by atoms with E-state index < -0.39 is 11.8 Å². The van der Waals surface area contributed by atoms with Crippen molar-refractivity contribution in [1.29, 1.82) is 0 Å². The van der Waals surface area contributed by atoms with Gasteiger partial charge < -0.3 is 10.1 Å². The van der Waals surface area contributed by atoms with Crippen LogP contribution in [0.15, 0.2) is 65.7 Å². The average molecular weight is 445 g/mol. The number of methoxy groups -OCH3 is 1. The Labute approximate surface area is 181 Å². The number of anilines is 2. The number of hydrogen-bond donors (Lipinski definition) is 1. The molecule has 4 rings (SSSR count). The fourth-order valence-electron chi connectivity index (χ4n) is 3.01. The number of benzene rings is 2. The Morgan fingerprint density at radius 1 is 1.00 bits per heavy atom. The maximum Gasteiger partial charge on any atom is 0.282 e. The van der Waals surface area contributed by atoms with Crippen molar-refractivity contribution in [3.05, 3.63) is 80.6 Å². The van der Waals surface area contributed by atoms with Gasteiger partial charge in [0.05, 0.1) is 23.4 Å². The maximum absolute atomic E-state index is 13.2. The minimum absolute atomic E-state index is 0.189. The minimum Gasteiger partial charge on any atom is -0.495 e. The first-order valence-electron chi connectivity index (χ1n) is 8.52. The van der Waals surface area contributed by atoms with Crippen LogP contribution in [-0.2, 0) is 9.59 Å². The van der Waals surface area contributed by atoms with Gasteiger partial charge in [0, 0.05) is 15.6 Å². The normalized spacial score (nSPS) is 14.0. The van der Waals surface area contributed by atoms with Crippen molar-refractivity contribution < 1.29 is 14.3 Å². The Morgan fingerprint density at radius 2 is 1.76 bits per heavy atom. The average Bonchev–Trinajstić information content (AvgIpc) is 3.30. The topological polar surface area (TPSA) is 58.6 Å². The summed E-state index contributed by atoms with van der Waals surface area (Å²) in [5.74, 6) is -0.337. The van der Waals surface area contributed by atoms with Gasteiger partial charge >= 0.3 is 0 Å². The molecule has 1 aromatic heterocycles. The van der Waals surface area contributed by atoms with Crippen molar-refractivity contribution in [1.82, 2.24) is 0 Å². The zero-order valence-corrected chi connectivity index (χ0v) is 17.4. The molecule has 0 saturated carbocycles. The molecular weight excluding hydrogens is 431 g/mol. The number of rotatable bonds is 5. The van der Waals surface area contributed by atoms with E-state index in [0.717, 1.165) is 4.90 Å². The monoisotopic (exact) mass is 444 g/mol. The van der Waals surface area contributed by atoms with Crippen molar-refractivity contribution in [2.45, 2.75) is 0 Å². The number of hydrogen-bond acceptors (Lipinski definition) is 5. The van der Waals surface area contributed by atoms with E-state index in [-0.39, 0.29) is 5.70 Å². The van der Waals surface area contributed by atoms with Crippen LogP contribution < -0.4 is 15.0 Å². The molecular formula is C21H14Cl2N2O3S. The molecule has 1 N–H and O–H groups in total. The molecule has 1 aliphatic heterocycles. The van der Waals surface area contributed by atoms with Crippen molar-refractivity contribution in [3.8, 4) is 5.75 Å². The van der Waals surface area contributed by atoms with Crippen LogP contribution in [0.5, 0.6) is 5.75 Å². The number of amides is 2. The number of nitrogens with zero attached hydrogens (tertiary/aromatic N) is 1. The minimum atomic E-state index is -0.451. The number of thiophene rings is 1. The summed E-state index contributed by atoms with van der Waals surface area (Å²) >= 11 is 13.5. The van der Waals surface area contributed by atoms with Gasteiger partial charge in [0.25, 0.3) is 11.8 Å². The van der Waals surface area contributed by atoms with Gasteiger partial charge in [-0.1, -0.05) is 29.3 Å². The Bertz CT molecular complexity index is 1130. The summed E-state index contributed by atoms with van der Waals surface area (Å²) in [7, 11) is 1.52. The van der Waals surface area contributed by atoms with E-state index in [2.05, 4.69) is 5.32 Å². The first-order valence-corrected chi connectivity index (χ1v) is 10.2. The van der Waals surface area contributed by atoms with Gasteiger partial charge in [-0.05, 0) is 53.9 Å². The van der Waals surface area contributed by atoms with E-state index in [0.29, 0.717) is 37.6 Å². The number of carbonyl (C=O) groups is 2. The second kappa shape index (κ2) is 7.91. The van der Waals surface area contributed by atoms with Gasteiger partial charge in [0.1, 0.15) is 11.4 Å². The lowest BCUT2D eigenvalue weighted by Crippen LogP contribution is -2.32. The molecule has 0 spiro atoms. The van der Waals surface area contributed by atoms with E-state index in [9.17, 15) is 9.59 Å². The first kappa shape index (κ1) is 19.5. The lowest BCUT2D eigenvalue weighted by Gasteiger charge is -2.15. The highest BCUT2D eigenvalue weighted by atomic mass is 35.5. The van der Waals surface area contributed by atoms with E-state index >= 15 is 0 Å². The largest absolute Gasteiger partial charge is 0.495 e. The third-order valence-electron chi connectivity index (χ3n) is 4.36. The molecule has 8 heteroatoms. The summed E-state index contributed by atoms with van der Waals surface area (Å²) in [6, 6.07) is 15.2. The predicted molar refractivity (Wildman–Crippen MR) is 117 cm³/mol. The van der Waals surface area contributed by atoms with E-state index in [1.165, 1.54) is 18.4 Å². The lowest BCUT2D eigenvalue weighted by atomic mass is 10.2. The van der Waals surface area contributed by atoms with Gasteiger partial charge in [-0.15, -0.1) is 11.3 Å². The fraction of sp³-hybridized carbons (Fsp3) is 0.0476. The molecule has 146 valence electrons. The summed E-state index contributed by atoms with van der Waals surface area (Å²) in [4.78, 5) is 28.3. The van der Waals surface area contributed by atoms with Gasteiger partial charge in [0.15, 0.2) is 0 Å². The zero-order chi connectivity index (χ0) is 20.5. The number of imide groups is 1. The molecule has 3 aromatic rings. The molecule has 0 atom stereocenters. The summed E-state index contributed by atoms with van der Waals surface area (Å²) in [6.07, 6.45) is 0. The van der Waals surface area contributed by atoms with E-state index in [1.807, 2.05) is 11.4 Å². The molecule has 0 unspecified atom stereocenters. The van der Waals surface area contributed by atoms with Gasteiger partial charge in [-0.2, -0.15) is 0 Å². The summed E-state index contributed by atoms with van der Waals surface area (Å²) in [5.41, 5.74) is 1.52. The number of halogens is 2. The van der Waals surface area contributed by atoms with Crippen LogP contribution in [-0.4, -0.2) is 18.9 Å². The number of nitrogens with one attached hydrogen (secondary N) is 1. The highest BCUT2D eigenvalue weighted by Crippen LogP contribution is 2.36. The van der Waals surface area contributed by atoms with Gasteiger partial charge in [0.2, 0.25) is 0 Å². The van der Waals surface area contributed by atoms with Crippen LogP contribution >= 0.6 is 34.5 Å². The Kier molecular flexibility index (Phi) is 5.32. The quantitative estimate of drug-likeness (QED) is 0.530. The molecule has 1 aliphatic rings. The Balaban J connectivity index is 1.77. The number of ether oxygens (including phenoxy) is 1. The molecule has 0 saturated heterocycles. The zero-order valence-electron chi connectivity index (χ0n) is 15.1. The van der Waals surface area contributed by atoms with Crippen molar-refractivity contribution >= 4 is 63.3 Å². The number of carbonyl (C=O) groups excluding carboxylic acids is 2. The van der Waals surface area contributed by atoms with Crippen molar-refractivity contribution in [3.63, 3.8) is 0 Å². The molecule has 29 heavy (non-hydrogen) atoms. The first-order chi connectivity index (χ1) is 14.0. The smallest absolute Gasteiger partial charge is 0.282 e. The highest BCUT2D eigenvalue weighted by molar-refractivity contribution is 7.11. The third kappa shape index (κ3) is 3.62. The Hall–Kier alpha value is -2.80. The fourth-order valence-corrected chi connectivity index (χ4v) is 4.16. The third-order valence-corrected chi connectivity index (χ3v) is 5.79. The standard InChI is InChI=1S/C21H14Cl2N2O3S/c1-28-16-9-6-13(11-15(16)23)24-19-18(17-3-2-10-29-17)20(26)25(21(19)27)14-7-4-12(22)5-8-14/h2-11,24H,1H3. The lowest BCUT2D eigenvalue weighted by molar-refractivity contribution is -0.120. The summed E-state index contributed by atoms with van der Waals surface area (Å²) in [5, 5.41) is 5.83. The van der Waals surface area contributed by atoms with E-state index in [4.69, 9.17) is 27.9 Å². The maximum atomic E-state index is 13.2. The van der Waals surface area contributed by atoms with E-state index in [1.54, 1.807) is 48.5 Å². The van der Waals surface area contributed by atoms with Crippen LogP contribution in [0.4, 0.5) is 11.4 Å². The molecule has 0 fully saturated rings. The molecule has 2 aromatic carbocycles. The molecule has 0 aliphatic carbocycles. The molecule has 0 radical (unpaired) electrons. The van der Waals surface area contributed by atoms with Crippen molar-refractivity contribution in [2.24, 2.45) is 0 Å². The SMILES string of the molecule is COc1ccc(NC2=C(c3cccs3)C(=O)N(c3ccc(Cl)cc3)C2=O)cc1Cl. The highest BCUT2D eigenvalue weighted by Gasteiger charge is 2.40. The second-order valence-corrected chi connectivity index (χ2v) is 7.92. The molecule has 5 nitrogen and oxygen atoms in total. The van der Waals surface area contributed by atoms with Gasteiger partial charge in [-0.25, -0.2) is 4.90 Å². The van der Waals surface area contributed by atoms with Gasteiger partial charge in [-0.3, -0.25) is 9.59 Å². The second-order valence-electron chi connectivity index (χ2n) is 6.12. The predicted octanol–water partition coefficient (Wildman–Crippen LogP) is 5.46. The van der Waals surface area contributed by atoms with Crippen molar-refractivity contribution in [2.75, 3.05) is 17.3 Å². The van der Waals surface area contributed by atoms with Crippen LogP contribution in [0.3, 0.4) is 0 Å². The molecule has 2 heterocycles. The van der Waals surface area contributed by atoms with Crippen LogP contribution in [0.25, 0.3) is 5.57 Å². The Morgan fingerprint density at radius 3 is 2.38 bits per heavy atom. The molecule has 2 amide bonds. The van der Waals surface area contributed by atoms with Crippen LogP contribution in [0, 0.1) is 0 Å². The van der Waals surface area contributed by atoms with Crippen LogP contribution in [0.2, 0.25) is 10.0 Å². The summed E-state index contributed by atoms with van der Waals surface area (Å²) < 4.78 is 5.16. The summed E-state index contributed by atoms with van der Waals surface area (Å²) in [6.45, 7) is 0. The molecule has 0 bridgehead atoms.